The maximum atomic E-state index is 11.3. The van der Waals surface area contributed by atoms with Crippen LogP contribution in [0.1, 0.15) is 45.4 Å². The Morgan fingerprint density at radius 3 is 2.27 bits per heavy atom. The van der Waals surface area contributed by atoms with Crippen molar-refractivity contribution in [2.45, 2.75) is 45.4 Å². The molecule has 1 aromatic rings. The predicted octanol–water partition coefficient (Wildman–Crippen LogP) is 5.13. The summed E-state index contributed by atoms with van der Waals surface area (Å²) in [6, 6.07) is 8.43. The Morgan fingerprint density at radius 1 is 0.909 bits per heavy atom. The average Bonchev–Trinajstić information content (AvgIpc) is 2.53. The van der Waals surface area contributed by atoms with E-state index in [2.05, 4.69) is 17.2 Å². The first-order valence-corrected chi connectivity index (χ1v) is 7.57. The molecule has 0 N–H and O–H groups in total. The minimum absolute atomic E-state index is 0.289. The van der Waals surface area contributed by atoms with Gasteiger partial charge in [0, 0.05) is 0 Å². The highest BCUT2D eigenvalue weighted by Crippen LogP contribution is 2.09. The van der Waals surface area contributed by atoms with Gasteiger partial charge in [-0.2, -0.15) is 0 Å². The highest BCUT2D eigenvalue weighted by molar-refractivity contribution is 5.74. The number of benzene rings is 1. The number of hydrogen-bond donors (Lipinski definition) is 0. The number of unbranched alkanes of at least 4 members (excludes halogenated alkanes) is 5. The summed E-state index contributed by atoms with van der Waals surface area (Å²) < 4.78 is 9.68. The van der Waals surface area contributed by atoms with Gasteiger partial charge in [0.1, 0.15) is 5.75 Å². The van der Waals surface area contributed by atoms with Crippen LogP contribution < -0.4 is 4.74 Å². The molecule has 6 nitrogen and oxygen atoms in total. The number of nitrogens with zero attached hydrogens (tertiary/aromatic N) is 2. The minimum Gasteiger partial charge on any atom is -0.447 e. The molecule has 2 amide bonds. The molecule has 0 spiro atoms. The summed E-state index contributed by atoms with van der Waals surface area (Å²) in [6.07, 6.45) is 4.75. The van der Waals surface area contributed by atoms with Crippen molar-refractivity contribution in [1.82, 2.24) is 0 Å². The van der Waals surface area contributed by atoms with E-state index in [4.69, 9.17) is 9.47 Å². The number of amides is 2. The molecule has 0 aliphatic rings. The highest BCUT2D eigenvalue weighted by Gasteiger charge is 2.05. The summed E-state index contributed by atoms with van der Waals surface area (Å²) >= 11 is 0. The van der Waals surface area contributed by atoms with Crippen molar-refractivity contribution in [1.29, 1.82) is 0 Å². The number of carbonyl (C=O) groups is 2. The largest absolute Gasteiger partial charge is 0.458 e. The first-order chi connectivity index (χ1) is 10.7. The van der Waals surface area contributed by atoms with Gasteiger partial charge in [-0.25, -0.2) is 9.59 Å². The van der Waals surface area contributed by atoms with Crippen molar-refractivity contribution in [3.05, 3.63) is 30.3 Å². The molecule has 6 heteroatoms. The van der Waals surface area contributed by atoms with Gasteiger partial charge in [0.15, 0.2) is 0 Å². The maximum absolute atomic E-state index is 11.3. The molecule has 0 atom stereocenters. The molecule has 1 rings (SSSR count). The van der Waals surface area contributed by atoms with E-state index >= 15 is 0 Å². The second-order valence-corrected chi connectivity index (χ2v) is 4.76. The van der Waals surface area contributed by atoms with E-state index in [0.717, 1.165) is 19.3 Å². The van der Waals surface area contributed by atoms with E-state index < -0.39 is 12.2 Å². The SMILES string of the molecule is CCCCCCCCOC(=O)/N=N/C(=O)Oc1ccccc1. The van der Waals surface area contributed by atoms with Crippen LogP contribution in [0.25, 0.3) is 0 Å². The minimum atomic E-state index is -0.956. The Labute approximate surface area is 130 Å². The summed E-state index contributed by atoms with van der Waals surface area (Å²) in [5.41, 5.74) is 0. The van der Waals surface area contributed by atoms with E-state index in [9.17, 15) is 9.59 Å². The standard InChI is InChI=1S/C16H22N2O4/c1-2-3-4-5-6-10-13-21-15(19)17-18-16(20)22-14-11-8-7-9-12-14/h7-9,11-12H,2-6,10,13H2,1H3/b18-17+. The second kappa shape index (κ2) is 11.4. The fourth-order valence-electron chi connectivity index (χ4n) is 1.76. The fourth-order valence-corrected chi connectivity index (χ4v) is 1.76. The molecule has 0 unspecified atom stereocenters. The summed E-state index contributed by atoms with van der Waals surface area (Å²) in [6.45, 7) is 2.45. The van der Waals surface area contributed by atoms with E-state index in [1.54, 1.807) is 30.3 Å². The number of carbonyl (C=O) groups excluding carboxylic acids is 2. The molecule has 0 bridgehead atoms. The zero-order chi connectivity index (χ0) is 16.0. The lowest BCUT2D eigenvalue weighted by Crippen LogP contribution is -2.04. The monoisotopic (exact) mass is 306 g/mol. The van der Waals surface area contributed by atoms with Gasteiger partial charge in [-0.1, -0.05) is 67.5 Å². The lowest BCUT2D eigenvalue weighted by Gasteiger charge is -2.01. The Morgan fingerprint density at radius 2 is 1.55 bits per heavy atom. The molecule has 0 saturated heterocycles. The third kappa shape index (κ3) is 8.84. The van der Waals surface area contributed by atoms with Crippen LogP contribution in [0.4, 0.5) is 9.59 Å². The molecule has 0 saturated carbocycles. The zero-order valence-electron chi connectivity index (χ0n) is 12.9. The quantitative estimate of drug-likeness (QED) is 0.492. The number of ether oxygens (including phenoxy) is 2. The molecule has 120 valence electrons. The number of para-hydroxylation sites is 1. The van der Waals surface area contributed by atoms with Crippen molar-refractivity contribution < 1.29 is 19.1 Å². The van der Waals surface area contributed by atoms with Gasteiger partial charge in [0.2, 0.25) is 0 Å². The van der Waals surface area contributed by atoms with Gasteiger partial charge in [-0.05, 0) is 18.6 Å². The van der Waals surface area contributed by atoms with Gasteiger partial charge in [-0.3, -0.25) is 0 Å². The molecule has 0 aliphatic carbocycles. The third-order valence-electron chi connectivity index (χ3n) is 2.89. The molecule has 0 radical (unpaired) electrons. The molecule has 0 aliphatic heterocycles. The van der Waals surface area contributed by atoms with Crippen molar-refractivity contribution in [2.24, 2.45) is 10.2 Å². The van der Waals surface area contributed by atoms with Gasteiger partial charge >= 0.3 is 12.2 Å². The zero-order valence-corrected chi connectivity index (χ0v) is 12.9. The Hall–Kier alpha value is -2.24. The topological polar surface area (TPSA) is 77.3 Å². The Bertz CT molecular complexity index is 474. The lowest BCUT2D eigenvalue weighted by molar-refractivity contribution is 0.151. The molecule has 0 aromatic heterocycles. The summed E-state index contributed by atoms with van der Waals surface area (Å²) in [4.78, 5) is 22.5. The third-order valence-corrected chi connectivity index (χ3v) is 2.89. The van der Waals surface area contributed by atoms with Gasteiger partial charge in [-0.15, -0.1) is 0 Å². The van der Waals surface area contributed by atoms with Gasteiger partial charge < -0.3 is 9.47 Å². The molecule has 0 fully saturated rings. The van der Waals surface area contributed by atoms with E-state index in [1.807, 2.05) is 0 Å². The fraction of sp³-hybridized carbons (Fsp3) is 0.500. The molecule has 22 heavy (non-hydrogen) atoms. The Balaban J connectivity index is 2.12. The van der Waals surface area contributed by atoms with Crippen molar-refractivity contribution >= 4 is 12.2 Å². The number of rotatable bonds is 8. The highest BCUT2D eigenvalue weighted by atomic mass is 16.6. The summed E-state index contributed by atoms with van der Waals surface area (Å²) in [5, 5.41) is 6.30. The number of azo groups is 1. The van der Waals surface area contributed by atoms with Gasteiger partial charge in [0.05, 0.1) is 6.61 Å². The van der Waals surface area contributed by atoms with Crippen molar-refractivity contribution in [2.75, 3.05) is 6.61 Å². The van der Waals surface area contributed by atoms with Crippen molar-refractivity contribution in [3.8, 4) is 5.75 Å². The molecule has 0 heterocycles. The average molecular weight is 306 g/mol. The first-order valence-electron chi connectivity index (χ1n) is 7.57. The van der Waals surface area contributed by atoms with Crippen LogP contribution in [0.2, 0.25) is 0 Å². The summed E-state index contributed by atoms with van der Waals surface area (Å²) in [7, 11) is 0. The number of hydrogen-bond acceptors (Lipinski definition) is 4. The summed E-state index contributed by atoms with van der Waals surface area (Å²) in [5.74, 6) is 0.340. The second-order valence-electron chi connectivity index (χ2n) is 4.76. The van der Waals surface area contributed by atoms with Crippen LogP contribution in [0.5, 0.6) is 5.75 Å². The molecular weight excluding hydrogens is 284 g/mol. The van der Waals surface area contributed by atoms with Crippen LogP contribution >= 0.6 is 0 Å². The van der Waals surface area contributed by atoms with Crippen LogP contribution in [-0.4, -0.2) is 18.8 Å². The van der Waals surface area contributed by atoms with E-state index in [1.165, 1.54) is 19.3 Å². The smallest absolute Gasteiger partial charge is 0.447 e. The molecule has 1 aromatic carbocycles. The van der Waals surface area contributed by atoms with E-state index in [-0.39, 0.29) is 6.61 Å². The predicted molar refractivity (Wildman–Crippen MR) is 82.0 cm³/mol. The van der Waals surface area contributed by atoms with Crippen LogP contribution in [-0.2, 0) is 4.74 Å². The van der Waals surface area contributed by atoms with Crippen molar-refractivity contribution in [3.63, 3.8) is 0 Å². The van der Waals surface area contributed by atoms with Gasteiger partial charge in [0.25, 0.3) is 0 Å². The van der Waals surface area contributed by atoms with Crippen LogP contribution in [0.15, 0.2) is 40.6 Å². The van der Waals surface area contributed by atoms with Crippen LogP contribution in [0.3, 0.4) is 0 Å². The lowest BCUT2D eigenvalue weighted by atomic mass is 10.1. The molecular formula is C16H22N2O4. The normalized spacial score (nSPS) is 10.6. The van der Waals surface area contributed by atoms with Crippen LogP contribution in [0, 0.1) is 0 Å². The maximum Gasteiger partial charge on any atom is 0.458 e. The Kier molecular flexibility index (Phi) is 9.25. The first kappa shape index (κ1) is 17.8. The van der Waals surface area contributed by atoms with E-state index in [0.29, 0.717) is 5.75 Å².